The van der Waals surface area contributed by atoms with Gasteiger partial charge in [0.15, 0.2) is 11.5 Å². The van der Waals surface area contributed by atoms with Crippen molar-refractivity contribution >= 4 is 5.82 Å². The highest BCUT2D eigenvalue weighted by atomic mass is 16.6. The van der Waals surface area contributed by atoms with E-state index in [4.69, 9.17) is 5.73 Å². The van der Waals surface area contributed by atoms with E-state index in [0.717, 1.165) is 0 Å². The van der Waals surface area contributed by atoms with Gasteiger partial charge >= 0.3 is 0 Å². The van der Waals surface area contributed by atoms with Crippen LogP contribution >= 0.6 is 0 Å². The molecule has 3 N–H and O–H groups in total. The van der Waals surface area contributed by atoms with Crippen molar-refractivity contribution in [2.75, 3.05) is 5.73 Å². The minimum atomic E-state index is 0.207. The van der Waals surface area contributed by atoms with Crippen LogP contribution in [0, 0.1) is 0 Å². The predicted octanol–water partition coefficient (Wildman–Crippen LogP) is -0.563. The Bertz CT molecular complexity index is 337. The number of nitrogens with two attached hydrogens (primary N) is 1. The SMILES string of the molecule is Nc1nonc1-c1cn[nH]n1. The first-order valence-electron chi connectivity index (χ1n) is 2.82. The van der Waals surface area contributed by atoms with Gasteiger partial charge in [-0.25, -0.2) is 4.63 Å². The van der Waals surface area contributed by atoms with Crippen LogP contribution in [0.1, 0.15) is 0 Å². The molecule has 7 nitrogen and oxygen atoms in total. The van der Waals surface area contributed by atoms with Crippen molar-refractivity contribution in [3.63, 3.8) is 0 Å². The number of nitrogens with zero attached hydrogens (tertiary/aromatic N) is 4. The molecule has 0 aliphatic rings. The van der Waals surface area contributed by atoms with Crippen LogP contribution in [-0.2, 0) is 0 Å². The molecule has 0 radical (unpaired) electrons. The summed E-state index contributed by atoms with van der Waals surface area (Å²) in [6, 6.07) is 0. The lowest BCUT2D eigenvalue weighted by molar-refractivity contribution is 0.310. The van der Waals surface area contributed by atoms with Gasteiger partial charge in [0.05, 0.1) is 6.20 Å². The molecule has 0 bridgehead atoms. The zero-order valence-electron chi connectivity index (χ0n) is 5.35. The Morgan fingerprint density at radius 3 is 2.91 bits per heavy atom. The van der Waals surface area contributed by atoms with Crippen molar-refractivity contribution in [2.24, 2.45) is 0 Å². The van der Waals surface area contributed by atoms with E-state index in [1.54, 1.807) is 0 Å². The smallest absolute Gasteiger partial charge is 0.198 e. The molecular formula is C4H4N6O. The molecule has 0 atom stereocenters. The van der Waals surface area contributed by atoms with Crippen molar-refractivity contribution in [1.29, 1.82) is 0 Å². The Hall–Kier alpha value is -1.92. The number of anilines is 1. The van der Waals surface area contributed by atoms with Crippen molar-refractivity contribution in [3.8, 4) is 11.4 Å². The van der Waals surface area contributed by atoms with Crippen molar-refractivity contribution in [1.82, 2.24) is 25.7 Å². The number of nitrogens with one attached hydrogen (secondary N) is 1. The normalized spacial score (nSPS) is 10.2. The lowest BCUT2D eigenvalue weighted by Crippen LogP contribution is -1.88. The maximum atomic E-state index is 5.38. The van der Waals surface area contributed by atoms with Crippen LogP contribution < -0.4 is 5.73 Å². The van der Waals surface area contributed by atoms with Gasteiger partial charge in [-0.05, 0) is 10.3 Å². The molecule has 0 aromatic carbocycles. The second-order valence-electron chi connectivity index (χ2n) is 1.85. The molecule has 0 saturated carbocycles. The van der Waals surface area contributed by atoms with E-state index in [2.05, 4.69) is 30.4 Å². The second-order valence-corrected chi connectivity index (χ2v) is 1.85. The maximum absolute atomic E-state index is 5.38. The van der Waals surface area contributed by atoms with E-state index in [9.17, 15) is 0 Å². The minimum absolute atomic E-state index is 0.207. The number of rotatable bonds is 1. The van der Waals surface area contributed by atoms with E-state index < -0.39 is 0 Å². The number of hydrogen-bond donors (Lipinski definition) is 2. The van der Waals surface area contributed by atoms with Gasteiger partial charge < -0.3 is 5.73 Å². The number of aromatic amines is 1. The standard InChI is InChI=1S/C4H4N6O/c5-4-3(8-11-9-4)2-1-6-10-7-2/h1H,(H2,5,9)(H,6,7,10). The fourth-order valence-corrected chi connectivity index (χ4v) is 0.689. The van der Waals surface area contributed by atoms with Gasteiger partial charge in [-0.2, -0.15) is 15.4 Å². The van der Waals surface area contributed by atoms with E-state index in [1.165, 1.54) is 6.20 Å². The van der Waals surface area contributed by atoms with Crippen LogP contribution in [0.3, 0.4) is 0 Å². The fourth-order valence-electron chi connectivity index (χ4n) is 0.689. The molecule has 2 aromatic heterocycles. The second kappa shape index (κ2) is 2.04. The summed E-state index contributed by atoms with van der Waals surface area (Å²) in [6.45, 7) is 0. The topological polar surface area (TPSA) is 107 Å². The Morgan fingerprint density at radius 2 is 2.36 bits per heavy atom. The average Bonchev–Trinajstić information content (AvgIpc) is 2.55. The molecule has 0 amide bonds. The van der Waals surface area contributed by atoms with Gasteiger partial charge in [0.2, 0.25) is 0 Å². The molecule has 7 heteroatoms. The van der Waals surface area contributed by atoms with E-state index in [0.29, 0.717) is 11.4 Å². The van der Waals surface area contributed by atoms with Crippen LogP contribution in [0.2, 0.25) is 0 Å². The van der Waals surface area contributed by atoms with Crippen molar-refractivity contribution in [3.05, 3.63) is 6.20 Å². The first-order chi connectivity index (χ1) is 5.38. The highest BCUT2D eigenvalue weighted by molar-refractivity contribution is 5.63. The Balaban J connectivity index is 2.53. The molecule has 2 heterocycles. The summed E-state index contributed by atoms with van der Waals surface area (Å²) in [5, 5.41) is 16.6. The third-order valence-corrected chi connectivity index (χ3v) is 1.17. The molecule has 0 aliphatic carbocycles. The number of aromatic nitrogens is 5. The van der Waals surface area contributed by atoms with Crippen molar-refractivity contribution in [2.45, 2.75) is 0 Å². The Morgan fingerprint density at radius 1 is 1.45 bits per heavy atom. The van der Waals surface area contributed by atoms with E-state index in [1.807, 2.05) is 0 Å². The summed E-state index contributed by atoms with van der Waals surface area (Å²) in [4.78, 5) is 0. The molecule has 11 heavy (non-hydrogen) atoms. The molecule has 0 unspecified atom stereocenters. The van der Waals surface area contributed by atoms with Gasteiger partial charge in [-0.15, -0.1) is 0 Å². The van der Waals surface area contributed by atoms with Crippen LogP contribution in [0.15, 0.2) is 10.8 Å². The molecule has 0 spiro atoms. The third kappa shape index (κ3) is 0.820. The molecule has 0 aliphatic heterocycles. The number of H-pyrrole nitrogens is 1. The summed E-state index contributed by atoms with van der Waals surface area (Å²) in [5.41, 5.74) is 6.30. The summed E-state index contributed by atoms with van der Waals surface area (Å²) in [6.07, 6.45) is 1.48. The largest absolute Gasteiger partial charge is 0.379 e. The van der Waals surface area contributed by atoms with Crippen LogP contribution in [0.5, 0.6) is 0 Å². The Labute approximate surface area is 60.6 Å². The number of hydrogen-bond acceptors (Lipinski definition) is 6. The van der Waals surface area contributed by atoms with Crippen molar-refractivity contribution < 1.29 is 4.63 Å². The summed E-state index contributed by atoms with van der Waals surface area (Å²) < 4.78 is 4.36. The lowest BCUT2D eigenvalue weighted by atomic mass is 10.3. The molecule has 56 valence electrons. The molecular weight excluding hydrogens is 148 g/mol. The van der Waals surface area contributed by atoms with Gasteiger partial charge in [-0.1, -0.05) is 0 Å². The zero-order chi connectivity index (χ0) is 7.68. The van der Waals surface area contributed by atoms with Gasteiger partial charge in [-0.3, -0.25) is 0 Å². The summed E-state index contributed by atoms with van der Waals surface area (Å²) in [5.74, 6) is 0.207. The maximum Gasteiger partial charge on any atom is 0.198 e. The van der Waals surface area contributed by atoms with E-state index in [-0.39, 0.29) is 5.82 Å². The van der Waals surface area contributed by atoms with Crippen LogP contribution in [-0.4, -0.2) is 25.7 Å². The fraction of sp³-hybridized carbons (Fsp3) is 0. The quantitative estimate of drug-likeness (QED) is 0.567. The first kappa shape index (κ1) is 5.83. The van der Waals surface area contributed by atoms with Gasteiger partial charge in [0, 0.05) is 0 Å². The minimum Gasteiger partial charge on any atom is -0.379 e. The lowest BCUT2D eigenvalue weighted by Gasteiger charge is -1.82. The first-order valence-corrected chi connectivity index (χ1v) is 2.82. The molecule has 0 fully saturated rings. The molecule has 2 rings (SSSR count). The van der Waals surface area contributed by atoms with Crippen LogP contribution in [0.4, 0.5) is 5.82 Å². The summed E-state index contributed by atoms with van der Waals surface area (Å²) in [7, 11) is 0. The molecule has 2 aromatic rings. The van der Waals surface area contributed by atoms with Gasteiger partial charge in [0.1, 0.15) is 5.69 Å². The monoisotopic (exact) mass is 152 g/mol. The summed E-state index contributed by atoms with van der Waals surface area (Å²) >= 11 is 0. The zero-order valence-corrected chi connectivity index (χ0v) is 5.35. The highest BCUT2D eigenvalue weighted by Crippen LogP contribution is 2.16. The van der Waals surface area contributed by atoms with Crippen LogP contribution in [0.25, 0.3) is 11.4 Å². The Kier molecular flexibility index (Phi) is 1.08. The van der Waals surface area contributed by atoms with Gasteiger partial charge in [0.25, 0.3) is 0 Å². The van der Waals surface area contributed by atoms with E-state index >= 15 is 0 Å². The predicted molar refractivity (Wildman–Crippen MR) is 34.1 cm³/mol. The molecule has 0 saturated heterocycles. The highest BCUT2D eigenvalue weighted by Gasteiger charge is 2.10. The third-order valence-electron chi connectivity index (χ3n) is 1.17. The average molecular weight is 152 g/mol. The number of nitrogen functional groups attached to an aromatic ring is 1.